The van der Waals surface area contributed by atoms with Gasteiger partial charge in [-0.3, -0.25) is 9.89 Å². The molecule has 4 aromatic rings. The van der Waals surface area contributed by atoms with Gasteiger partial charge in [0.05, 0.1) is 18.2 Å². The minimum Gasteiger partial charge on any atom is -0.481 e. The minimum absolute atomic E-state index is 0.292. The van der Waals surface area contributed by atoms with E-state index < -0.39 is 5.82 Å². The molecule has 30 heavy (non-hydrogen) atoms. The van der Waals surface area contributed by atoms with Crippen LogP contribution in [0.3, 0.4) is 0 Å². The molecule has 0 fully saturated rings. The molecule has 0 unspecified atom stereocenters. The molecule has 2 aromatic heterocycles. The second-order valence-electron chi connectivity index (χ2n) is 6.88. The molecular formula is C23H21FN4O2. The van der Waals surface area contributed by atoms with Crippen LogP contribution < -0.4 is 10.1 Å². The number of H-pyrrole nitrogens is 1. The summed E-state index contributed by atoms with van der Waals surface area (Å²) < 4.78 is 19.9. The number of benzene rings is 2. The highest BCUT2D eigenvalue weighted by molar-refractivity contribution is 5.98. The smallest absolute Gasteiger partial charge is 0.251 e. The van der Waals surface area contributed by atoms with Crippen molar-refractivity contribution in [1.82, 2.24) is 20.5 Å². The number of pyridine rings is 1. The maximum Gasteiger partial charge on any atom is 0.251 e. The lowest BCUT2D eigenvalue weighted by Gasteiger charge is -2.11. The lowest BCUT2D eigenvalue weighted by Crippen LogP contribution is -2.22. The zero-order valence-corrected chi connectivity index (χ0v) is 16.9. The first kappa shape index (κ1) is 19.6. The summed E-state index contributed by atoms with van der Waals surface area (Å²) in [6.07, 6.45) is 1.66. The number of fused-ring (bicyclic) bond motifs is 1. The highest BCUT2D eigenvalue weighted by Gasteiger charge is 2.17. The van der Waals surface area contributed by atoms with E-state index in [2.05, 4.69) is 20.5 Å². The van der Waals surface area contributed by atoms with E-state index in [0.29, 0.717) is 29.1 Å². The van der Waals surface area contributed by atoms with Crippen molar-refractivity contribution >= 4 is 16.8 Å². The highest BCUT2D eigenvalue weighted by atomic mass is 19.1. The maximum atomic E-state index is 14.5. The number of halogens is 1. The van der Waals surface area contributed by atoms with Crippen LogP contribution >= 0.6 is 0 Å². The number of carbonyl (C=O) groups is 1. The third-order valence-electron chi connectivity index (χ3n) is 5.04. The lowest BCUT2D eigenvalue weighted by atomic mass is 9.96. The van der Waals surface area contributed by atoms with Crippen LogP contribution in [0.4, 0.5) is 4.39 Å². The molecule has 7 heteroatoms. The van der Waals surface area contributed by atoms with Crippen LogP contribution in [0, 0.1) is 12.7 Å². The Hall–Kier alpha value is -3.74. The number of aromatic amines is 1. The van der Waals surface area contributed by atoms with Gasteiger partial charge in [-0.25, -0.2) is 9.37 Å². The maximum absolute atomic E-state index is 14.5. The van der Waals surface area contributed by atoms with Crippen LogP contribution in [0.25, 0.3) is 33.3 Å². The SMILES string of the molecule is CCNC(=O)c1cc(F)c(C)c(-c2ccc3c(-c4cccnc4OC)n[nH]c3c2)c1. The van der Waals surface area contributed by atoms with E-state index in [1.54, 1.807) is 26.3 Å². The Morgan fingerprint density at radius 2 is 2.03 bits per heavy atom. The number of carbonyl (C=O) groups excluding carboxylic acids is 1. The van der Waals surface area contributed by atoms with Gasteiger partial charge >= 0.3 is 0 Å². The molecule has 2 heterocycles. The van der Waals surface area contributed by atoms with Crippen molar-refractivity contribution in [3.05, 3.63) is 65.6 Å². The number of methoxy groups -OCH3 is 1. The van der Waals surface area contributed by atoms with Gasteiger partial charge < -0.3 is 10.1 Å². The Morgan fingerprint density at radius 1 is 1.20 bits per heavy atom. The van der Waals surface area contributed by atoms with E-state index in [-0.39, 0.29) is 5.91 Å². The van der Waals surface area contributed by atoms with Crippen molar-refractivity contribution in [2.75, 3.05) is 13.7 Å². The molecule has 0 radical (unpaired) electrons. The number of nitrogens with zero attached hydrogens (tertiary/aromatic N) is 2. The Bertz CT molecular complexity index is 1250. The molecule has 0 aliphatic rings. The summed E-state index contributed by atoms with van der Waals surface area (Å²) in [5.74, 6) is -0.229. The Kier molecular flexibility index (Phi) is 5.18. The zero-order chi connectivity index (χ0) is 21.3. The third-order valence-corrected chi connectivity index (χ3v) is 5.04. The van der Waals surface area contributed by atoms with Gasteiger partial charge in [0.15, 0.2) is 0 Å². The van der Waals surface area contributed by atoms with Gasteiger partial charge in [-0.15, -0.1) is 0 Å². The normalized spacial score (nSPS) is 10.9. The summed E-state index contributed by atoms with van der Waals surface area (Å²) in [5, 5.41) is 11.1. The standard InChI is InChI=1S/C23H21FN4O2/c1-4-25-22(29)15-10-18(13(2)19(24)11-15)14-7-8-16-20(12-14)27-28-21(16)17-6-5-9-26-23(17)30-3/h5-12H,4H2,1-3H3,(H,25,29)(H,27,28). The fraction of sp³-hybridized carbons (Fsp3) is 0.174. The average molecular weight is 404 g/mol. The summed E-state index contributed by atoms with van der Waals surface area (Å²) in [6.45, 7) is 4.00. The van der Waals surface area contributed by atoms with Crippen molar-refractivity contribution in [2.24, 2.45) is 0 Å². The first-order valence-corrected chi connectivity index (χ1v) is 9.59. The molecule has 2 aromatic carbocycles. The minimum atomic E-state index is -0.417. The summed E-state index contributed by atoms with van der Waals surface area (Å²) in [5.41, 5.74) is 4.51. The van der Waals surface area contributed by atoms with Crippen LogP contribution in [0.2, 0.25) is 0 Å². The molecule has 6 nitrogen and oxygen atoms in total. The van der Waals surface area contributed by atoms with Gasteiger partial charge in [-0.05, 0) is 66.9 Å². The number of hydrogen-bond donors (Lipinski definition) is 2. The predicted octanol–water partition coefficient (Wildman–Crippen LogP) is 4.50. The quantitative estimate of drug-likeness (QED) is 0.513. The van der Waals surface area contributed by atoms with Crippen LogP contribution in [-0.4, -0.2) is 34.7 Å². The molecule has 0 spiro atoms. The molecule has 152 valence electrons. The van der Waals surface area contributed by atoms with E-state index in [4.69, 9.17) is 4.74 Å². The molecule has 0 saturated heterocycles. The molecule has 0 aliphatic heterocycles. The third kappa shape index (κ3) is 3.39. The lowest BCUT2D eigenvalue weighted by molar-refractivity contribution is 0.0955. The Morgan fingerprint density at radius 3 is 2.80 bits per heavy atom. The largest absolute Gasteiger partial charge is 0.481 e. The van der Waals surface area contributed by atoms with Gasteiger partial charge in [0.2, 0.25) is 5.88 Å². The number of aromatic nitrogens is 3. The molecule has 0 atom stereocenters. The van der Waals surface area contributed by atoms with Crippen LogP contribution in [0.5, 0.6) is 5.88 Å². The summed E-state index contributed by atoms with van der Waals surface area (Å²) in [4.78, 5) is 16.4. The van der Waals surface area contributed by atoms with Crippen molar-refractivity contribution in [1.29, 1.82) is 0 Å². The molecule has 0 aliphatic carbocycles. The molecule has 1 amide bonds. The number of rotatable bonds is 5. The molecule has 4 rings (SSSR count). The zero-order valence-electron chi connectivity index (χ0n) is 16.9. The molecular weight excluding hydrogens is 383 g/mol. The summed E-state index contributed by atoms with van der Waals surface area (Å²) >= 11 is 0. The van der Waals surface area contributed by atoms with Gasteiger partial charge in [0.25, 0.3) is 5.91 Å². The average Bonchev–Trinajstić information content (AvgIpc) is 3.18. The fourth-order valence-corrected chi connectivity index (χ4v) is 3.50. The predicted molar refractivity (Wildman–Crippen MR) is 114 cm³/mol. The van der Waals surface area contributed by atoms with Crippen molar-refractivity contribution in [3.63, 3.8) is 0 Å². The Labute approximate surface area is 173 Å². The number of ether oxygens (including phenoxy) is 1. The number of amides is 1. The van der Waals surface area contributed by atoms with Crippen LogP contribution in [0.1, 0.15) is 22.8 Å². The molecule has 0 saturated carbocycles. The molecule has 2 N–H and O–H groups in total. The van der Waals surface area contributed by atoms with E-state index in [1.165, 1.54) is 6.07 Å². The van der Waals surface area contributed by atoms with Gasteiger partial charge in [0.1, 0.15) is 11.5 Å². The van der Waals surface area contributed by atoms with E-state index in [0.717, 1.165) is 27.7 Å². The highest BCUT2D eigenvalue weighted by Crippen LogP contribution is 2.34. The summed E-state index contributed by atoms with van der Waals surface area (Å²) in [6, 6.07) is 12.4. The fourth-order valence-electron chi connectivity index (χ4n) is 3.50. The first-order chi connectivity index (χ1) is 14.5. The van der Waals surface area contributed by atoms with Gasteiger partial charge in [0, 0.05) is 23.7 Å². The monoisotopic (exact) mass is 404 g/mol. The van der Waals surface area contributed by atoms with E-state index >= 15 is 0 Å². The van der Waals surface area contributed by atoms with Crippen molar-refractivity contribution in [3.8, 4) is 28.3 Å². The second-order valence-corrected chi connectivity index (χ2v) is 6.88. The van der Waals surface area contributed by atoms with Crippen molar-refractivity contribution < 1.29 is 13.9 Å². The molecule has 0 bridgehead atoms. The number of hydrogen-bond acceptors (Lipinski definition) is 4. The Balaban J connectivity index is 1.82. The topological polar surface area (TPSA) is 79.9 Å². The van der Waals surface area contributed by atoms with Crippen LogP contribution in [0.15, 0.2) is 48.7 Å². The van der Waals surface area contributed by atoms with E-state index in [1.807, 2.05) is 37.3 Å². The first-order valence-electron chi connectivity index (χ1n) is 9.59. The number of nitrogens with one attached hydrogen (secondary N) is 2. The van der Waals surface area contributed by atoms with E-state index in [9.17, 15) is 9.18 Å². The van der Waals surface area contributed by atoms with Crippen molar-refractivity contribution in [2.45, 2.75) is 13.8 Å². The van der Waals surface area contributed by atoms with Crippen LogP contribution in [-0.2, 0) is 0 Å². The summed E-state index contributed by atoms with van der Waals surface area (Å²) in [7, 11) is 1.57. The second kappa shape index (κ2) is 7.94. The van der Waals surface area contributed by atoms with Gasteiger partial charge in [-0.2, -0.15) is 5.10 Å². The van der Waals surface area contributed by atoms with Gasteiger partial charge in [-0.1, -0.05) is 6.07 Å².